The van der Waals surface area contributed by atoms with Crippen molar-refractivity contribution >= 4 is 5.69 Å². The van der Waals surface area contributed by atoms with E-state index in [-0.39, 0.29) is 17.9 Å². The van der Waals surface area contributed by atoms with Gasteiger partial charge in [0.05, 0.1) is 0 Å². The number of hydrogen-bond acceptors (Lipinski definition) is 3. The van der Waals surface area contributed by atoms with Crippen LogP contribution < -0.4 is 16.6 Å². The smallest absolute Gasteiger partial charge is 0.123 e. The molecule has 1 aliphatic rings. The maximum atomic E-state index is 12.9. The zero-order valence-electron chi connectivity index (χ0n) is 10.4. The maximum Gasteiger partial charge on any atom is 0.123 e. The van der Waals surface area contributed by atoms with E-state index in [1.807, 2.05) is 36.4 Å². The van der Waals surface area contributed by atoms with Crippen molar-refractivity contribution in [3.63, 3.8) is 0 Å². The second kappa shape index (κ2) is 4.99. The topological polar surface area (TPSA) is 50.1 Å². The Morgan fingerprint density at radius 1 is 0.842 bits per heavy atom. The number of benzene rings is 2. The Balaban J connectivity index is 1.73. The molecule has 0 spiro atoms. The number of nitrogens with two attached hydrogens (primary N) is 1. The van der Waals surface area contributed by atoms with Crippen LogP contribution in [0.15, 0.2) is 48.5 Å². The fraction of sp³-hybridized carbons (Fsp3) is 0.200. The Morgan fingerprint density at radius 3 is 1.84 bits per heavy atom. The summed E-state index contributed by atoms with van der Waals surface area (Å²) in [6.07, 6.45) is 0.926. The normalized spacial score (nSPS) is 22.6. The largest absolute Gasteiger partial charge is 0.399 e. The van der Waals surface area contributed by atoms with Gasteiger partial charge < -0.3 is 5.73 Å². The standard InChI is InChI=1S/C15H16FN3/c16-12-5-1-10(2-6-12)14-9-15(19-18-14)11-3-7-13(17)8-4-11/h1-8,14-15,18-19H,9,17H2. The maximum absolute atomic E-state index is 12.9. The lowest BCUT2D eigenvalue weighted by Crippen LogP contribution is -2.26. The average molecular weight is 257 g/mol. The summed E-state index contributed by atoms with van der Waals surface area (Å²) in [4.78, 5) is 0. The Hall–Kier alpha value is -1.91. The third-order valence-corrected chi connectivity index (χ3v) is 3.51. The van der Waals surface area contributed by atoms with Gasteiger partial charge in [-0.25, -0.2) is 15.2 Å². The van der Waals surface area contributed by atoms with E-state index in [0.717, 1.165) is 17.7 Å². The molecule has 1 heterocycles. The van der Waals surface area contributed by atoms with E-state index < -0.39 is 0 Å². The molecule has 0 bridgehead atoms. The van der Waals surface area contributed by atoms with Crippen LogP contribution in [0.5, 0.6) is 0 Å². The molecule has 19 heavy (non-hydrogen) atoms. The molecule has 98 valence electrons. The van der Waals surface area contributed by atoms with Crippen molar-refractivity contribution in [2.45, 2.75) is 18.5 Å². The first-order valence-electron chi connectivity index (χ1n) is 6.34. The molecular weight excluding hydrogens is 241 g/mol. The molecule has 1 fully saturated rings. The highest BCUT2D eigenvalue weighted by Gasteiger charge is 2.25. The molecule has 3 rings (SSSR count). The number of nitrogens with one attached hydrogen (secondary N) is 2. The third kappa shape index (κ3) is 2.59. The highest BCUT2D eigenvalue weighted by atomic mass is 19.1. The minimum Gasteiger partial charge on any atom is -0.399 e. The van der Waals surface area contributed by atoms with Gasteiger partial charge in [0.2, 0.25) is 0 Å². The first-order chi connectivity index (χ1) is 9.22. The van der Waals surface area contributed by atoms with Crippen LogP contribution in [0.1, 0.15) is 29.6 Å². The summed E-state index contributed by atoms with van der Waals surface area (Å²) in [6, 6.07) is 14.9. The minimum absolute atomic E-state index is 0.197. The molecule has 1 aliphatic heterocycles. The summed E-state index contributed by atoms with van der Waals surface area (Å²) in [7, 11) is 0. The van der Waals surface area contributed by atoms with E-state index >= 15 is 0 Å². The molecule has 4 heteroatoms. The first-order valence-corrected chi connectivity index (χ1v) is 6.34. The van der Waals surface area contributed by atoms with Crippen LogP contribution in [0.25, 0.3) is 0 Å². The van der Waals surface area contributed by atoms with Crippen molar-refractivity contribution < 1.29 is 4.39 Å². The second-order valence-electron chi connectivity index (χ2n) is 4.85. The number of rotatable bonds is 2. The SMILES string of the molecule is Nc1ccc(C2CC(c3ccc(F)cc3)NN2)cc1. The minimum atomic E-state index is -0.204. The van der Waals surface area contributed by atoms with Gasteiger partial charge >= 0.3 is 0 Å². The summed E-state index contributed by atoms with van der Waals surface area (Å²) in [6.45, 7) is 0. The van der Waals surface area contributed by atoms with Gasteiger partial charge in [-0.1, -0.05) is 24.3 Å². The van der Waals surface area contributed by atoms with E-state index in [4.69, 9.17) is 5.73 Å². The molecule has 2 aromatic rings. The molecule has 2 unspecified atom stereocenters. The predicted molar refractivity (Wildman–Crippen MR) is 73.6 cm³/mol. The lowest BCUT2D eigenvalue weighted by Gasteiger charge is -2.10. The van der Waals surface area contributed by atoms with Crippen molar-refractivity contribution in [2.75, 3.05) is 5.73 Å². The molecule has 0 aliphatic carbocycles. The van der Waals surface area contributed by atoms with Gasteiger partial charge in [-0.05, 0) is 41.8 Å². The molecule has 3 nitrogen and oxygen atoms in total. The highest BCUT2D eigenvalue weighted by Crippen LogP contribution is 2.30. The zero-order valence-corrected chi connectivity index (χ0v) is 10.4. The quantitative estimate of drug-likeness (QED) is 0.725. The Labute approximate surface area is 111 Å². The van der Waals surface area contributed by atoms with Gasteiger partial charge in [-0.2, -0.15) is 0 Å². The summed E-state index contributed by atoms with van der Waals surface area (Å²) in [5.74, 6) is -0.204. The van der Waals surface area contributed by atoms with Crippen molar-refractivity contribution in [1.29, 1.82) is 0 Å². The first kappa shape index (κ1) is 12.1. The molecule has 0 radical (unpaired) electrons. The lowest BCUT2D eigenvalue weighted by molar-refractivity contribution is 0.554. The summed E-state index contributed by atoms with van der Waals surface area (Å²) >= 11 is 0. The Bertz CT molecular complexity index is 499. The molecule has 4 N–H and O–H groups in total. The number of hydrogen-bond donors (Lipinski definition) is 3. The molecule has 0 amide bonds. The van der Waals surface area contributed by atoms with Crippen molar-refractivity contribution in [2.24, 2.45) is 0 Å². The van der Waals surface area contributed by atoms with Gasteiger partial charge in [-0.3, -0.25) is 0 Å². The monoisotopic (exact) mass is 257 g/mol. The third-order valence-electron chi connectivity index (χ3n) is 3.51. The lowest BCUT2D eigenvalue weighted by atomic mass is 9.97. The molecule has 0 aromatic heterocycles. The molecular formula is C15H16FN3. The molecule has 1 saturated heterocycles. The predicted octanol–water partition coefficient (Wildman–Crippen LogP) is 2.69. The van der Waals surface area contributed by atoms with E-state index in [2.05, 4.69) is 10.9 Å². The number of halogens is 1. The number of anilines is 1. The van der Waals surface area contributed by atoms with Gasteiger partial charge in [0.15, 0.2) is 0 Å². The van der Waals surface area contributed by atoms with Crippen LogP contribution in [0.2, 0.25) is 0 Å². The van der Waals surface area contributed by atoms with Crippen LogP contribution in [0.3, 0.4) is 0 Å². The van der Waals surface area contributed by atoms with E-state index in [1.165, 1.54) is 17.7 Å². The van der Waals surface area contributed by atoms with Crippen LogP contribution in [-0.2, 0) is 0 Å². The fourth-order valence-corrected chi connectivity index (χ4v) is 2.42. The van der Waals surface area contributed by atoms with Crippen LogP contribution in [-0.4, -0.2) is 0 Å². The summed E-state index contributed by atoms with van der Waals surface area (Å²) in [5.41, 5.74) is 15.3. The van der Waals surface area contributed by atoms with Gasteiger partial charge in [-0.15, -0.1) is 0 Å². The summed E-state index contributed by atoms with van der Waals surface area (Å²) in [5, 5.41) is 0. The fourth-order valence-electron chi connectivity index (χ4n) is 2.42. The summed E-state index contributed by atoms with van der Waals surface area (Å²) < 4.78 is 12.9. The number of hydrazine groups is 1. The Kier molecular flexibility index (Phi) is 3.19. The van der Waals surface area contributed by atoms with Crippen molar-refractivity contribution in [1.82, 2.24) is 10.9 Å². The van der Waals surface area contributed by atoms with Crippen LogP contribution in [0, 0.1) is 5.82 Å². The van der Waals surface area contributed by atoms with Gasteiger partial charge in [0.25, 0.3) is 0 Å². The highest BCUT2D eigenvalue weighted by molar-refractivity contribution is 5.40. The van der Waals surface area contributed by atoms with Crippen molar-refractivity contribution in [3.05, 3.63) is 65.5 Å². The average Bonchev–Trinajstić information content (AvgIpc) is 2.90. The van der Waals surface area contributed by atoms with E-state index in [1.54, 1.807) is 0 Å². The zero-order chi connectivity index (χ0) is 13.2. The molecule has 0 saturated carbocycles. The van der Waals surface area contributed by atoms with Crippen molar-refractivity contribution in [3.8, 4) is 0 Å². The van der Waals surface area contributed by atoms with E-state index in [9.17, 15) is 4.39 Å². The van der Waals surface area contributed by atoms with Gasteiger partial charge in [0.1, 0.15) is 5.82 Å². The second-order valence-corrected chi connectivity index (χ2v) is 4.85. The number of nitrogen functional groups attached to an aromatic ring is 1. The Morgan fingerprint density at radius 2 is 1.32 bits per heavy atom. The van der Waals surface area contributed by atoms with Gasteiger partial charge in [0, 0.05) is 17.8 Å². The molecule has 2 atom stereocenters. The van der Waals surface area contributed by atoms with E-state index in [0.29, 0.717) is 0 Å². The van der Waals surface area contributed by atoms with Crippen LogP contribution >= 0.6 is 0 Å². The van der Waals surface area contributed by atoms with Crippen LogP contribution in [0.4, 0.5) is 10.1 Å². The molecule has 2 aromatic carbocycles.